The molecule has 2 rings (SSSR count). The van der Waals surface area contributed by atoms with E-state index in [4.69, 9.17) is 17.3 Å². The van der Waals surface area contributed by atoms with Crippen LogP contribution in [0.5, 0.6) is 0 Å². The predicted molar refractivity (Wildman–Crippen MR) is 54.0 cm³/mol. The summed E-state index contributed by atoms with van der Waals surface area (Å²) in [7, 11) is 0. The Balaban J connectivity index is 0.000000720. The molecule has 2 N–H and O–H groups in total. The van der Waals surface area contributed by atoms with E-state index in [2.05, 4.69) is 6.07 Å². The van der Waals surface area contributed by atoms with Crippen LogP contribution in [0.1, 0.15) is 17.9 Å². The lowest BCUT2D eigenvalue weighted by molar-refractivity contribution is 0.991. The van der Waals surface area contributed by atoms with Crippen molar-refractivity contribution in [3.05, 3.63) is 34.9 Å². The molecule has 0 radical (unpaired) electrons. The molecule has 1 aromatic rings. The smallest absolute Gasteiger partial charge is 0.0441 e. The maximum Gasteiger partial charge on any atom is 0.0441 e. The maximum atomic E-state index is 5.97. The van der Waals surface area contributed by atoms with Crippen LogP contribution in [0, 0.1) is 0 Å². The van der Waals surface area contributed by atoms with E-state index in [-0.39, 0.29) is 12.4 Å². The summed E-state index contributed by atoms with van der Waals surface area (Å²) in [4.78, 5) is 0. The molecule has 1 saturated carbocycles. The first-order valence-corrected chi connectivity index (χ1v) is 4.17. The summed E-state index contributed by atoms with van der Waals surface area (Å²) in [6, 6.07) is 8.27. The second-order valence-corrected chi connectivity index (χ2v) is 3.43. The zero-order chi connectivity index (χ0) is 7.84. The highest BCUT2D eigenvalue weighted by atomic mass is 35.5. The van der Waals surface area contributed by atoms with E-state index in [0.717, 1.165) is 11.4 Å². The molecule has 2 unspecified atom stereocenters. The summed E-state index contributed by atoms with van der Waals surface area (Å²) in [6.45, 7) is 0. The molecular weight excluding hydrogens is 193 g/mol. The van der Waals surface area contributed by atoms with Crippen LogP contribution in [0.2, 0.25) is 5.02 Å². The fraction of sp³-hybridized carbons (Fsp3) is 0.333. The van der Waals surface area contributed by atoms with Gasteiger partial charge in [-0.1, -0.05) is 29.8 Å². The molecule has 1 aliphatic carbocycles. The Morgan fingerprint density at radius 3 is 2.42 bits per heavy atom. The van der Waals surface area contributed by atoms with Gasteiger partial charge in [-0.2, -0.15) is 0 Å². The third-order valence-electron chi connectivity index (χ3n) is 2.14. The van der Waals surface area contributed by atoms with Gasteiger partial charge in [-0.05, 0) is 18.1 Å². The van der Waals surface area contributed by atoms with E-state index in [1.54, 1.807) is 0 Å². The van der Waals surface area contributed by atoms with Gasteiger partial charge in [0, 0.05) is 17.0 Å². The molecule has 0 spiro atoms. The van der Waals surface area contributed by atoms with E-state index in [1.165, 1.54) is 5.56 Å². The zero-order valence-electron chi connectivity index (χ0n) is 6.53. The molecule has 0 bridgehead atoms. The van der Waals surface area contributed by atoms with Crippen LogP contribution in [-0.2, 0) is 0 Å². The molecule has 0 heterocycles. The third-order valence-corrected chi connectivity index (χ3v) is 2.49. The second kappa shape index (κ2) is 3.65. The molecule has 1 aromatic carbocycles. The Morgan fingerprint density at radius 2 is 1.92 bits per heavy atom. The highest BCUT2D eigenvalue weighted by molar-refractivity contribution is 6.31. The van der Waals surface area contributed by atoms with Gasteiger partial charge >= 0.3 is 0 Å². The van der Waals surface area contributed by atoms with Gasteiger partial charge in [-0.15, -0.1) is 12.4 Å². The summed E-state index contributed by atoms with van der Waals surface area (Å²) >= 11 is 5.97. The third kappa shape index (κ3) is 1.74. The van der Waals surface area contributed by atoms with E-state index in [0.29, 0.717) is 12.0 Å². The standard InChI is InChI=1S/C9H10ClN.ClH/c10-8-4-2-1-3-6(8)7-5-9(7)11;/h1-4,7,9H,5,11H2;1H. The minimum absolute atomic E-state index is 0. The topological polar surface area (TPSA) is 26.0 Å². The molecular formula is C9H11Cl2N. The van der Waals surface area contributed by atoms with Crippen LogP contribution in [0.15, 0.2) is 24.3 Å². The molecule has 12 heavy (non-hydrogen) atoms. The lowest BCUT2D eigenvalue weighted by atomic mass is 10.1. The van der Waals surface area contributed by atoms with Gasteiger partial charge in [0.2, 0.25) is 0 Å². The minimum Gasteiger partial charge on any atom is -0.327 e. The van der Waals surface area contributed by atoms with Crippen molar-refractivity contribution >= 4 is 24.0 Å². The van der Waals surface area contributed by atoms with Crippen molar-refractivity contribution < 1.29 is 0 Å². The molecule has 66 valence electrons. The fourth-order valence-corrected chi connectivity index (χ4v) is 1.62. The van der Waals surface area contributed by atoms with Crippen LogP contribution in [-0.4, -0.2) is 6.04 Å². The molecule has 1 aliphatic rings. The second-order valence-electron chi connectivity index (χ2n) is 3.03. The van der Waals surface area contributed by atoms with Crippen LogP contribution < -0.4 is 5.73 Å². The number of hydrogen-bond donors (Lipinski definition) is 1. The number of benzene rings is 1. The van der Waals surface area contributed by atoms with Gasteiger partial charge in [-0.25, -0.2) is 0 Å². The van der Waals surface area contributed by atoms with Gasteiger partial charge in [0.1, 0.15) is 0 Å². The monoisotopic (exact) mass is 203 g/mol. The first-order chi connectivity index (χ1) is 5.29. The first-order valence-electron chi connectivity index (χ1n) is 3.79. The lowest BCUT2D eigenvalue weighted by Crippen LogP contribution is -2.00. The molecule has 1 nitrogen and oxygen atoms in total. The van der Waals surface area contributed by atoms with Crippen molar-refractivity contribution in [2.75, 3.05) is 0 Å². The lowest BCUT2D eigenvalue weighted by Gasteiger charge is -1.99. The van der Waals surface area contributed by atoms with Crippen molar-refractivity contribution in [3.63, 3.8) is 0 Å². The molecule has 2 atom stereocenters. The van der Waals surface area contributed by atoms with Gasteiger partial charge in [0.15, 0.2) is 0 Å². The number of nitrogens with two attached hydrogens (primary N) is 1. The average molecular weight is 204 g/mol. The zero-order valence-corrected chi connectivity index (χ0v) is 8.11. The Kier molecular flexibility index (Phi) is 2.99. The summed E-state index contributed by atoms with van der Waals surface area (Å²) in [5, 5.41) is 0.852. The first kappa shape index (κ1) is 9.85. The minimum atomic E-state index is 0. The van der Waals surface area contributed by atoms with Crippen LogP contribution in [0.25, 0.3) is 0 Å². The normalized spacial score (nSPS) is 26.2. The average Bonchev–Trinajstić information content (AvgIpc) is 2.68. The predicted octanol–water partition coefficient (Wildman–Crippen LogP) is 2.58. The quantitative estimate of drug-likeness (QED) is 0.747. The van der Waals surface area contributed by atoms with Crippen molar-refractivity contribution in [2.45, 2.75) is 18.4 Å². The van der Waals surface area contributed by atoms with E-state index >= 15 is 0 Å². The van der Waals surface area contributed by atoms with Crippen LogP contribution in [0.4, 0.5) is 0 Å². The molecule has 0 amide bonds. The molecule has 0 saturated heterocycles. The maximum absolute atomic E-state index is 5.97. The Hall–Kier alpha value is -0.240. The molecule has 0 aromatic heterocycles. The van der Waals surface area contributed by atoms with Gasteiger partial charge in [0.25, 0.3) is 0 Å². The van der Waals surface area contributed by atoms with Crippen LogP contribution >= 0.6 is 24.0 Å². The number of halogens is 2. The summed E-state index contributed by atoms with van der Waals surface area (Å²) < 4.78 is 0. The fourth-order valence-electron chi connectivity index (χ4n) is 1.35. The Morgan fingerprint density at radius 1 is 1.33 bits per heavy atom. The van der Waals surface area contributed by atoms with E-state index < -0.39 is 0 Å². The van der Waals surface area contributed by atoms with Gasteiger partial charge < -0.3 is 5.73 Å². The molecule has 0 aliphatic heterocycles. The largest absolute Gasteiger partial charge is 0.327 e. The summed E-state index contributed by atoms with van der Waals surface area (Å²) in [5.41, 5.74) is 6.92. The van der Waals surface area contributed by atoms with Gasteiger partial charge in [-0.3, -0.25) is 0 Å². The number of hydrogen-bond acceptors (Lipinski definition) is 1. The molecule has 1 fully saturated rings. The van der Waals surface area contributed by atoms with E-state index in [9.17, 15) is 0 Å². The molecule has 3 heteroatoms. The van der Waals surface area contributed by atoms with Crippen molar-refractivity contribution in [1.29, 1.82) is 0 Å². The summed E-state index contributed by atoms with van der Waals surface area (Å²) in [6.07, 6.45) is 1.09. The highest BCUT2D eigenvalue weighted by Gasteiger charge is 2.35. The van der Waals surface area contributed by atoms with Crippen molar-refractivity contribution in [1.82, 2.24) is 0 Å². The number of rotatable bonds is 1. The highest BCUT2D eigenvalue weighted by Crippen LogP contribution is 2.41. The Bertz CT molecular complexity index is 275. The summed E-state index contributed by atoms with van der Waals surface area (Å²) in [5.74, 6) is 0.517. The van der Waals surface area contributed by atoms with E-state index in [1.807, 2.05) is 18.2 Å². The van der Waals surface area contributed by atoms with Crippen LogP contribution in [0.3, 0.4) is 0 Å². The van der Waals surface area contributed by atoms with Crippen molar-refractivity contribution in [2.24, 2.45) is 5.73 Å². The van der Waals surface area contributed by atoms with Gasteiger partial charge in [0.05, 0.1) is 0 Å². The SMILES string of the molecule is Cl.NC1CC1c1ccccc1Cl. The Labute approximate surface area is 83.3 Å². The van der Waals surface area contributed by atoms with Crippen molar-refractivity contribution in [3.8, 4) is 0 Å².